The molecule has 0 heterocycles. The van der Waals surface area contributed by atoms with Crippen molar-refractivity contribution in [3.63, 3.8) is 0 Å². The van der Waals surface area contributed by atoms with Crippen LogP contribution in [0.25, 0.3) is 6.08 Å². The van der Waals surface area contributed by atoms with Crippen molar-refractivity contribution in [2.45, 2.75) is 6.61 Å². The van der Waals surface area contributed by atoms with Crippen LogP contribution in [0.3, 0.4) is 0 Å². The maximum Gasteiger partial charge on any atom is 0.387 e. The number of rotatable bonds is 6. The van der Waals surface area contributed by atoms with Crippen LogP contribution >= 0.6 is 11.6 Å². The van der Waals surface area contributed by atoms with E-state index in [1.165, 1.54) is 31.4 Å². The molecule has 6 heteroatoms. The molecule has 0 saturated carbocycles. The maximum atomic E-state index is 12.3. The SMILES string of the molecule is COc1cc(C(=O)/C=C/c2ccc(Cl)cc2)ccc1OC(F)F. The van der Waals surface area contributed by atoms with E-state index in [1.807, 2.05) is 0 Å². The molecule has 0 aliphatic carbocycles. The summed E-state index contributed by atoms with van der Waals surface area (Å²) in [4.78, 5) is 12.1. The lowest BCUT2D eigenvalue weighted by Crippen LogP contribution is -2.04. The molecule has 0 spiro atoms. The van der Waals surface area contributed by atoms with Gasteiger partial charge in [0.1, 0.15) is 0 Å². The minimum absolute atomic E-state index is 0.0658. The maximum absolute atomic E-state index is 12.3. The summed E-state index contributed by atoms with van der Waals surface area (Å²) in [5, 5.41) is 0.604. The first-order valence-corrected chi connectivity index (χ1v) is 6.98. The molecule has 0 bridgehead atoms. The van der Waals surface area contributed by atoms with Gasteiger partial charge < -0.3 is 9.47 Å². The summed E-state index contributed by atoms with van der Waals surface area (Å²) in [7, 11) is 1.31. The highest BCUT2D eigenvalue weighted by atomic mass is 35.5. The number of ether oxygens (including phenoxy) is 2. The molecule has 120 valence electrons. The average molecular weight is 339 g/mol. The highest BCUT2D eigenvalue weighted by Crippen LogP contribution is 2.29. The fourth-order valence-corrected chi connectivity index (χ4v) is 1.98. The summed E-state index contributed by atoms with van der Waals surface area (Å²) in [6, 6.07) is 11.0. The number of benzene rings is 2. The van der Waals surface area contributed by atoms with E-state index in [9.17, 15) is 13.6 Å². The van der Waals surface area contributed by atoms with E-state index in [-0.39, 0.29) is 17.3 Å². The Hall–Kier alpha value is -2.40. The minimum atomic E-state index is -2.96. The third-order valence-corrected chi connectivity index (χ3v) is 3.21. The first kappa shape index (κ1) is 17.0. The average Bonchev–Trinajstić information content (AvgIpc) is 2.54. The lowest BCUT2D eigenvalue weighted by atomic mass is 10.1. The van der Waals surface area contributed by atoms with Crippen LogP contribution in [0.1, 0.15) is 15.9 Å². The topological polar surface area (TPSA) is 35.5 Å². The number of carbonyl (C=O) groups excluding carboxylic acids is 1. The summed E-state index contributed by atoms with van der Waals surface area (Å²) in [6.45, 7) is -2.96. The molecule has 0 fully saturated rings. The van der Waals surface area contributed by atoms with E-state index in [4.69, 9.17) is 16.3 Å². The number of alkyl halides is 2. The quantitative estimate of drug-likeness (QED) is 0.558. The van der Waals surface area contributed by atoms with Crippen LogP contribution in [0.2, 0.25) is 5.02 Å². The molecular weight excluding hydrogens is 326 g/mol. The van der Waals surface area contributed by atoms with Crippen LogP contribution in [-0.2, 0) is 0 Å². The Balaban J connectivity index is 2.17. The zero-order valence-electron chi connectivity index (χ0n) is 12.1. The molecule has 0 saturated heterocycles. The van der Waals surface area contributed by atoms with E-state index < -0.39 is 6.61 Å². The second kappa shape index (κ2) is 7.74. The zero-order valence-corrected chi connectivity index (χ0v) is 12.9. The molecule has 2 rings (SSSR count). The van der Waals surface area contributed by atoms with Crippen LogP contribution in [0.5, 0.6) is 11.5 Å². The van der Waals surface area contributed by atoms with Crippen LogP contribution in [0, 0.1) is 0 Å². The van der Waals surface area contributed by atoms with E-state index in [1.54, 1.807) is 30.3 Å². The van der Waals surface area contributed by atoms with Crippen molar-refractivity contribution in [2.24, 2.45) is 0 Å². The summed E-state index contributed by atoms with van der Waals surface area (Å²) in [5.41, 5.74) is 1.11. The normalized spacial score (nSPS) is 11.0. The molecule has 0 amide bonds. The Labute approximate surface area is 137 Å². The van der Waals surface area contributed by atoms with Gasteiger partial charge in [0.15, 0.2) is 17.3 Å². The van der Waals surface area contributed by atoms with Gasteiger partial charge in [0.05, 0.1) is 7.11 Å². The lowest BCUT2D eigenvalue weighted by molar-refractivity contribution is -0.0512. The molecule has 0 radical (unpaired) electrons. The number of hydrogen-bond donors (Lipinski definition) is 0. The van der Waals surface area contributed by atoms with Gasteiger partial charge in [-0.2, -0.15) is 8.78 Å². The molecule has 2 aromatic carbocycles. The van der Waals surface area contributed by atoms with Crippen LogP contribution in [-0.4, -0.2) is 19.5 Å². The largest absolute Gasteiger partial charge is 0.493 e. The van der Waals surface area contributed by atoms with Gasteiger partial charge in [0.25, 0.3) is 0 Å². The third-order valence-electron chi connectivity index (χ3n) is 2.96. The Morgan fingerprint density at radius 3 is 2.43 bits per heavy atom. The second-order valence-corrected chi connectivity index (χ2v) is 4.93. The first-order valence-electron chi connectivity index (χ1n) is 6.60. The highest BCUT2D eigenvalue weighted by Gasteiger charge is 2.13. The highest BCUT2D eigenvalue weighted by molar-refractivity contribution is 6.30. The number of methoxy groups -OCH3 is 1. The summed E-state index contributed by atoms with van der Waals surface area (Å²) in [5.74, 6) is -0.348. The van der Waals surface area contributed by atoms with E-state index in [2.05, 4.69) is 4.74 Å². The molecule has 0 unspecified atom stereocenters. The molecule has 23 heavy (non-hydrogen) atoms. The van der Waals surface area contributed by atoms with E-state index in [0.717, 1.165) is 5.56 Å². The van der Waals surface area contributed by atoms with Gasteiger partial charge in [-0.05, 0) is 42.0 Å². The summed E-state index contributed by atoms with van der Waals surface area (Å²) in [6.07, 6.45) is 3.01. The van der Waals surface area contributed by atoms with Gasteiger partial charge in [0.2, 0.25) is 0 Å². The van der Waals surface area contributed by atoms with Gasteiger partial charge >= 0.3 is 6.61 Å². The van der Waals surface area contributed by atoms with Gasteiger partial charge in [-0.25, -0.2) is 0 Å². The Bertz CT molecular complexity index is 712. The van der Waals surface area contributed by atoms with E-state index >= 15 is 0 Å². The van der Waals surface area contributed by atoms with Crippen molar-refractivity contribution in [2.75, 3.05) is 7.11 Å². The number of ketones is 1. The molecule has 0 aromatic heterocycles. The fourth-order valence-electron chi connectivity index (χ4n) is 1.86. The molecular formula is C17H13ClF2O3. The monoisotopic (exact) mass is 338 g/mol. The Morgan fingerprint density at radius 1 is 1.13 bits per heavy atom. The Morgan fingerprint density at radius 2 is 1.83 bits per heavy atom. The van der Waals surface area contributed by atoms with Gasteiger partial charge in [-0.15, -0.1) is 0 Å². The van der Waals surface area contributed by atoms with Crippen molar-refractivity contribution in [1.82, 2.24) is 0 Å². The minimum Gasteiger partial charge on any atom is -0.493 e. The fraction of sp³-hybridized carbons (Fsp3) is 0.118. The molecule has 0 N–H and O–H groups in total. The molecule has 0 aliphatic heterocycles. The number of allylic oxidation sites excluding steroid dienone is 1. The molecule has 2 aromatic rings. The predicted molar refractivity (Wildman–Crippen MR) is 84.4 cm³/mol. The number of carbonyl (C=O) groups is 1. The molecule has 3 nitrogen and oxygen atoms in total. The summed E-state index contributed by atoms with van der Waals surface area (Å²) >= 11 is 5.78. The molecule has 0 atom stereocenters. The van der Waals surface area contributed by atoms with Crippen molar-refractivity contribution >= 4 is 23.5 Å². The predicted octanol–water partition coefficient (Wildman–Crippen LogP) is 4.85. The molecule has 0 aliphatic rings. The smallest absolute Gasteiger partial charge is 0.387 e. The van der Waals surface area contributed by atoms with Crippen LogP contribution in [0.15, 0.2) is 48.5 Å². The van der Waals surface area contributed by atoms with Gasteiger partial charge in [0, 0.05) is 10.6 Å². The van der Waals surface area contributed by atoms with Crippen molar-refractivity contribution in [1.29, 1.82) is 0 Å². The van der Waals surface area contributed by atoms with E-state index in [0.29, 0.717) is 10.6 Å². The van der Waals surface area contributed by atoms with Crippen molar-refractivity contribution < 1.29 is 23.0 Å². The van der Waals surface area contributed by atoms with Crippen molar-refractivity contribution in [3.8, 4) is 11.5 Å². The summed E-state index contributed by atoms with van der Waals surface area (Å²) < 4.78 is 33.8. The number of hydrogen-bond acceptors (Lipinski definition) is 3. The standard InChI is InChI=1S/C17H13ClF2O3/c1-22-16-10-12(5-9-15(16)23-17(19)20)14(21)8-4-11-2-6-13(18)7-3-11/h2-10,17H,1H3/b8-4+. The second-order valence-electron chi connectivity index (χ2n) is 4.49. The third kappa shape index (κ3) is 4.79. The number of halogens is 3. The van der Waals surface area contributed by atoms with Gasteiger partial charge in [-0.3, -0.25) is 4.79 Å². The van der Waals surface area contributed by atoms with Crippen LogP contribution < -0.4 is 9.47 Å². The first-order chi connectivity index (χ1) is 11.0. The zero-order chi connectivity index (χ0) is 16.8. The van der Waals surface area contributed by atoms with Crippen LogP contribution in [0.4, 0.5) is 8.78 Å². The van der Waals surface area contributed by atoms with Gasteiger partial charge in [-0.1, -0.05) is 29.8 Å². The lowest BCUT2D eigenvalue weighted by Gasteiger charge is -2.10. The Kier molecular flexibility index (Phi) is 5.71. The van der Waals surface area contributed by atoms with Crippen molar-refractivity contribution in [3.05, 3.63) is 64.7 Å².